The van der Waals surface area contributed by atoms with Crippen molar-refractivity contribution in [3.63, 3.8) is 0 Å². The molecule has 0 aromatic heterocycles. The first-order chi connectivity index (χ1) is 10.8. The van der Waals surface area contributed by atoms with E-state index in [1.807, 2.05) is 24.3 Å². The Kier molecular flexibility index (Phi) is 5.34. The summed E-state index contributed by atoms with van der Waals surface area (Å²) in [6, 6.07) is 8.47. The summed E-state index contributed by atoms with van der Waals surface area (Å²) in [5.74, 6) is 0. The molecule has 4 nitrogen and oxygen atoms in total. The molecule has 22 heavy (non-hydrogen) atoms. The molecule has 1 saturated carbocycles. The van der Waals surface area contributed by atoms with E-state index in [1.54, 1.807) is 0 Å². The molecular formula is C17H23ClN2O2. The lowest BCUT2D eigenvalue weighted by atomic mass is 10.0. The highest BCUT2D eigenvalue weighted by atomic mass is 35.5. The van der Waals surface area contributed by atoms with E-state index < -0.39 is 0 Å². The van der Waals surface area contributed by atoms with Gasteiger partial charge in [-0.2, -0.15) is 0 Å². The topological polar surface area (TPSA) is 45.1 Å². The van der Waals surface area contributed by atoms with E-state index in [1.165, 1.54) is 12.8 Å². The van der Waals surface area contributed by atoms with Gasteiger partial charge in [-0.25, -0.2) is 0 Å². The van der Waals surface area contributed by atoms with E-state index >= 15 is 0 Å². The van der Waals surface area contributed by atoms with Crippen LogP contribution < -0.4 is 0 Å². The molecule has 1 unspecified atom stereocenters. The highest BCUT2D eigenvalue weighted by molar-refractivity contribution is 6.30. The average Bonchev–Trinajstić information content (AvgIpc) is 3.27. The highest BCUT2D eigenvalue weighted by Crippen LogP contribution is 2.29. The van der Waals surface area contributed by atoms with Crippen molar-refractivity contribution in [3.8, 4) is 0 Å². The zero-order valence-corrected chi connectivity index (χ0v) is 13.5. The molecule has 0 spiro atoms. The fourth-order valence-corrected chi connectivity index (χ4v) is 3.02. The van der Waals surface area contributed by atoms with Crippen LogP contribution in [-0.2, 0) is 4.84 Å². The minimum Gasteiger partial charge on any atom is -0.396 e. The van der Waals surface area contributed by atoms with E-state index in [4.69, 9.17) is 21.5 Å². The summed E-state index contributed by atoms with van der Waals surface area (Å²) in [5.41, 5.74) is 2.10. The van der Waals surface area contributed by atoms with Gasteiger partial charge in [-0.05, 0) is 49.9 Å². The summed E-state index contributed by atoms with van der Waals surface area (Å²) in [4.78, 5) is 8.13. The second-order valence-electron chi connectivity index (χ2n) is 6.13. The third-order valence-electron chi connectivity index (χ3n) is 4.27. The molecule has 3 rings (SSSR count). The molecule has 120 valence electrons. The maximum absolute atomic E-state index is 8.93. The quantitative estimate of drug-likeness (QED) is 0.748. The predicted molar refractivity (Wildman–Crippen MR) is 88.4 cm³/mol. The van der Waals surface area contributed by atoms with Crippen LogP contribution in [0.15, 0.2) is 29.4 Å². The fraction of sp³-hybridized carbons (Fsp3) is 0.588. The van der Waals surface area contributed by atoms with Gasteiger partial charge in [0.2, 0.25) is 0 Å². The van der Waals surface area contributed by atoms with Gasteiger partial charge in [0.1, 0.15) is 6.10 Å². The molecule has 1 fully saturated rings. The number of hydrogen-bond donors (Lipinski definition) is 1. The van der Waals surface area contributed by atoms with Crippen LogP contribution in [0.5, 0.6) is 0 Å². The number of halogens is 1. The van der Waals surface area contributed by atoms with Crippen molar-refractivity contribution >= 4 is 17.3 Å². The summed E-state index contributed by atoms with van der Waals surface area (Å²) < 4.78 is 0. The molecule has 2 aliphatic rings. The van der Waals surface area contributed by atoms with Crippen LogP contribution in [0.1, 0.15) is 37.7 Å². The Labute approximate surface area is 136 Å². The minimum absolute atomic E-state index is 0.139. The van der Waals surface area contributed by atoms with Gasteiger partial charge in [0.15, 0.2) is 0 Å². The summed E-state index contributed by atoms with van der Waals surface area (Å²) in [6.45, 7) is 2.25. The molecular weight excluding hydrogens is 300 g/mol. The van der Waals surface area contributed by atoms with Gasteiger partial charge in [-0.1, -0.05) is 28.9 Å². The lowest BCUT2D eigenvalue weighted by Crippen LogP contribution is -2.35. The molecule has 5 heteroatoms. The normalized spacial score (nSPS) is 21.0. The monoisotopic (exact) mass is 322 g/mol. The smallest absolute Gasteiger partial charge is 0.145 e. The van der Waals surface area contributed by atoms with E-state index in [2.05, 4.69) is 10.1 Å². The van der Waals surface area contributed by atoms with Gasteiger partial charge in [-0.3, -0.25) is 4.90 Å². The highest BCUT2D eigenvalue weighted by Gasteiger charge is 2.32. The minimum atomic E-state index is 0.139. The lowest BCUT2D eigenvalue weighted by molar-refractivity contribution is 0.0493. The number of nitrogens with zero attached hydrogens (tertiary/aromatic N) is 2. The summed E-state index contributed by atoms with van der Waals surface area (Å²) in [5, 5.41) is 13.9. The van der Waals surface area contributed by atoms with Crippen LogP contribution in [0.2, 0.25) is 5.02 Å². The summed E-state index contributed by atoms with van der Waals surface area (Å²) in [6.07, 6.45) is 5.49. The SMILES string of the molecule is OCCCCN(CC1CC(c2ccc(Cl)cc2)=NO1)C1CC1. The Bertz CT molecular complexity index is 514. The third kappa shape index (κ3) is 4.22. The Hall–Kier alpha value is -1.10. The maximum atomic E-state index is 8.93. The van der Waals surface area contributed by atoms with Gasteiger partial charge in [0, 0.05) is 30.6 Å². The standard InChI is InChI=1S/C17H23ClN2O2/c18-14-5-3-13(4-6-14)17-11-16(22-19-17)12-20(15-7-8-15)9-1-2-10-21/h3-6,15-16,21H,1-2,7-12H2. The van der Waals surface area contributed by atoms with Gasteiger partial charge in [0.05, 0.1) is 5.71 Å². The molecule has 0 bridgehead atoms. The Balaban J connectivity index is 1.51. The number of oxime groups is 1. The number of hydrogen-bond acceptors (Lipinski definition) is 4. The zero-order valence-electron chi connectivity index (χ0n) is 12.7. The molecule has 0 saturated heterocycles. The average molecular weight is 323 g/mol. The largest absolute Gasteiger partial charge is 0.396 e. The van der Waals surface area contributed by atoms with Crippen molar-refractivity contribution in [3.05, 3.63) is 34.9 Å². The predicted octanol–water partition coefficient (Wildman–Crippen LogP) is 3.07. The molecule has 1 aromatic carbocycles. The van der Waals surface area contributed by atoms with E-state index in [9.17, 15) is 0 Å². The van der Waals surface area contributed by atoms with Crippen molar-refractivity contribution in [1.29, 1.82) is 0 Å². The van der Waals surface area contributed by atoms with Crippen molar-refractivity contribution in [2.45, 2.75) is 44.2 Å². The van der Waals surface area contributed by atoms with Gasteiger partial charge < -0.3 is 9.94 Å². The van der Waals surface area contributed by atoms with E-state index in [-0.39, 0.29) is 12.7 Å². The summed E-state index contributed by atoms with van der Waals surface area (Å²) >= 11 is 5.92. The van der Waals surface area contributed by atoms with Crippen molar-refractivity contribution in [2.24, 2.45) is 5.16 Å². The zero-order chi connectivity index (χ0) is 15.4. The Morgan fingerprint density at radius 3 is 2.68 bits per heavy atom. The first-order valence-corrected chi connectivity index (χ1v) is 8.47. The molecule has 1 aliphatic heterocycles. The van der Waals surface area contributed by atoms with Gasteiger partial charge >= 0.3 is 0 Å². The third-order valence-corrected chi connectivity index (χ3v) is 4.52. The van der Waals surface area contributed by atoms with Crippen molar-refractivity contribution in [1.82, 2.24) is 4.90 Å². The number of benzene rings is 1. The Morgan fingerprint density at radius 1 is 1.23 bits per heavy atom. The molecule has 1 aliphatic carbocycles. The maximum Gasteiger partial charge on any atom is 0.145 e. The molecule has 1 atom stereocenters. The second-order valence-corrected chi connectivity index (χ2v) is 6.57. The van der Waals surface area contributed by atoms with Crippen molar-refractivity contribution in [2.75, 3.05) is 19.7 Å². The van der Waals surface area contributed by atoms with Crippen LogP contribution in [0.25, 0.3) is 0 Å². The molecule has 1 aromatic rings. The van der Waals surface area contributed by atoms with E-state index in [0.717, 1.165) is 48.6 Å². The first-order valence-electron chi connectivity index (χ1n) is 8.10. The number of unbranched alkanes of at least 4 members (excludes halogenated alkanes) is 1. The lowest BCUT2D eigenvalue weighted by Gasteiger charge is -2.24. The van der Waals surface area contributed by atoms with Gasteiger partial charge in [0.25, 0.3) is 0 Å². The Morgan fingerprint density at radius 2 is 2.00 bits per heavy atom. The number of aliphatic hydroxyl groups is 1. The van der Waals surface area contributed by atoms with Crippen LogP contribution in [-0.4, -0.2) is 47.6 Å². The summed E-state index contributed by atoms with van der Waals surface area (Å²) in [7, 11) is 0. The van der Waals surface area contributed by atoms with Crippen molar-refractivity contribution < 1.29 is 9.94 Å². The second kappa shape index (κ2) is 7.44. The molecule has 1 N–H and O–H groups in total. The molecule has 1 heterocycles. The van der Waals surface area contributed by atoms with Gasteiger partial charge in [-0.15, -0.1) is 0 Å². The molecule has 0 amide bonds. The fourth-order valence-electron chi connectivity index (χ4n) is 2.89. The van der Waals surface area contributed by atoms with E-state index in [0.29, 0.717) is 6.04 Å². The van der Waals surface area contributed by atoms with Crippen LogP contribution >= 0.6 is 11.6 Å². The number of aliphatic hydroxyl groups excluding tert-OH is 1. The van der Waals surface area contributed by atoms with Crippen LogP contribution in [0.4, 0.5) is 0 Å². The van der Waals surface area contributed by atoms with Crippen LogP contribution in [0.3, 0.4) is 0 Å². The number of rotatable bonds is 8. The van der Waals surface area contributed by atoms with Crippen LogP contribution in [0, 0.1) is 0 Å². The first kappa shape index (κ1) is 15.8. The molecule has 0 radical (unpaired) electrons.